The Bertz CT molecular complexity index is 1320. The number of ether oxygens (including phenoxy) is 1. The largest absolute Gasteiger partial charge is 0.426 e. The van der Waals surface area contributed by atoms with Gasteiger partial charge in [-0.2, -0.15) is 13.5 Å². The van der Waals surface area contributed by atoms with Crippen molar-refractivity contribution >= 4 is 38.2 Å². The molecule has 3 rings (SSSR count). The van der Waals surface area contributed by atoms with Crippen LogP contribution >= 0.6 is 0 Å². The van der Waals surface area contributed by atoms with Crippen molar-refractivity contribution in [3.05, 3.63) is 60.7 Å². The number of unbranched alkanes of at least 4 members (excludes halogenated alkanes) is 10. The highest BCUT2D eigenvalue weighted by Crippen LogP contribution is 2.34. The van der Waals surface area contributed by atoms with Crippen LogP contribution in [-0.2, 0) is 14.9 Å². The van der Waals surface area contributed by atoms with Crippen LogP contribution in [0.3, 0.4) is 0 Å². The lowest BCUT2D eigenvalue weighted by atomic mass is 10.1. The van der Waals surface area contributed by atoms with Crippen LogP contribution < -0.4 is 4.74 Å². The molecule has 204 valence electrons. The van der Waals surface area contributed by atoms with Crippen molar-refractivity contribution in [1.29, 1.82) is 0 Å². The summed E-state index contributed by atoms with van der Waals surface area (Å²) in [7, 11) is -4.33. The molecule has 8 heteroatoms. The average Bonchev–Trinajstić information content (AvgIpc) is 2.91. The number of carbonyl (C=O) groups is 1. The van der Waals surface area contributed by atoms with E-state index in [0.717, 1.165) is 30.0 Å². The smallest absolute Gasteiger partial charge is 0.311 e. The predicted octanol–water partition coefficient (Wildman–Crippen LogP) is 9.11. The van der Waals surface area contributed by atoms with Gasteiger partial charge in [0.05, 0.1) is 16.3 Å². The molecule has 0 heterocycles. The highest BCUT2D eigenvalue weighted by molar-refractivity contribution is 7.85. The minimum Gasteiger partial charge on any atom is -0.426 e. The monoisotopic (exact) mass is 538 g/mol. The van der Waals surface area contributed by atoms with Gasteiger partial charge in [0.1, 0.15) is 5.75 Å². The van der Waals surface area contributed by atoms with Crippen molar-refractivity contribution in [3.8, 4) is 5.75 Å². The minimum absolute atomic E-state index is 0.248. The summed E-state index contributed by atoms with van der Waals surface area (Å²) >= 11 is 0. The van der Waals surface area contributed by atoms with Crippen LogP contribution in [0.4, 0.5) is 11.4 Å². The standard InChI is InChI=1S/C30H38N2O5S/c1-2-3-4-5-6-7-8-9-10-11-12-20-30(33)37-29-22-21-28(26-18-13-14-19-27(26)29)32-31-24-16-15-17-25(23-24)38(34,35)36/h13-19,21-23H,2-12,20H2,1H3,(H,34,35,36). The van der Waals surface area contributed by atoms with E-state index in [-0.39, 0.29) is 16.6 Å². The number of rotatable bonds is 16. The van der Waals surface area contributed by atoms with Gasteiger partial charge in [0.15, 0.2) is 0 Å². The number of azo groups is 1. The highest BCUT2D eigenvalue weighted by atomic mass is 32.2. The molecule has 0 saturated carbocycles. The summed E-state index contributed by atoms with van der Waals surface area (Å²) in [5.41, 5.74) is 0.828. The summed E-state index contributed by atoms with van der Waals surface area (Å²) in [5, 5.41) is 9.88. The molecule has 0 aliphatic carbocycles. The van der Waals surface area contributed by atoms with Crippen LogP contribution in [0, 0.1) is 0 Å². The third-order valence-corrected chi connectivity index (χ3v) is 7.31. The molecule has 0 spiro atoms. The van der Waals surface area contributed by atoms with E-state index in [1.807, 2.05) is 24.3 Å². The molecule has 7 nitrogen and oxygen atoms in total. The molecule has 3 aromatic rings. The van der Waals surface area contributed by atoms with Crippen LogP contribution in [0.25, 0.3) is 10.8 Å². The van der Waals surface area contributed by atoms with Crippen molar-refractivity contribution < 1.29 is 22.5 Å². The predicted molar refractivity (Wildman–Crippen MR) is 151 cm³/mol. The SMILES string of the molecule is CCCCCCCCCCCCCC(=O)Oc1ccc(N=Nc2cccc(S(=O)(=O)O)c2)c2ccccc12. The minimum atomic E-state index is -4.33. The fourth-order valence-electron chi connectivity index (χ4n) is 4.36. The molecule has 0 aliphatic heterocycles. The van der Waals surface area contributed by atoms with E-state index in [2.05, 4.69) is 17.2 Å². The van der Waals surface area contributed by atoms with Crippen molar-refractivity contribution in [3.63, 3.8) is 0 Å². The topological polar surface area (TPSA) is 105 Å². The van der Waals surface area contributed by atoms with E-state index in [1.165, 1.54) is 69.6 Å². The molecule has 0 saturated heterocycles. The highest BCUT2D eigenvalue weighted by Gasteiger charge is 2.12. The number of fused-ring (bicyclic) bond motifs is 1. The van der Waals surface area contributed by atoms with E-state index in [9.17, 15) is 17.8 Å². The fraction of sp³-hybridized carbons (Fsp3) is 0.433. The van der Waals surface area contributed by atoms with Crippen LogP contribution in [0.1, 0.15) is 84.0 Å². The molecule has 0 unspecified atom stereocenters. The maximum absolute atomic E-state index is 12.5. The number of nitrogens with zero attached hydrogens (tertiary/aromatic N) is 2. The lowest BCUT2D eigenvalue weighted by Gasteiger charge is -2.09. The zero-order valence-electron chi connectivity index (χ0n) is 22.1. The Kier molecular flexibility index (Phi) is 11.9. The second-order valence-electron chi connectivity index (χ2n) is 9.56. The van der Waals surface area contributed by atoms with Crippen LogP contribution in [0.2, 0.25) is 0 Å². The maximum Gasteiger partial charge on any atom is 0.311 e. The second kappa shape index (κ2) is 15.3. The van der Waals surface area contributed by atoms with Gasteiger partial charge in [0.2, 0.25) is 0 Å². The molecular formula is C30H38N2O5S. The molecular weight excluding hydrogens is 500 g/mol. The molecule has 0 aromatic heterocycles. The molecule has 0 bridgehead atoms. The Morgan fingerprint density at radius 2 is 1.39 bits per heavy atom. The van der Waals surface area contributed by atoms with Gasteiger partial charge in [0, 0.05) is 17.2 Å². The number of hydrogen-bond acceptors (Lipinski definition) is 6. The Labute approximate surface area is 226 Å². The van der Waals surface area contributed by atoms with E-state index in [1.54, 1.807) is 18.2 Å². The first-order valence-corrected chi connectivity index (χ1v) is 15.0. The average molecular weight is 539 g/mol. The van der Waals surface area contributed by atoms with Gasteiger partial charge in [-0.3, -0.25) is 9.35 Å². The van der Waals surface area contributed by atoms with Crippen LogP contribution in [0.5, 0.6) is 5.75 Å². The van der Waals surface area contributed by atoms with E-state index in [4.69, 9.17) is 4.74 Å². The Morgan fingerprint density at radius 3 is 2.05 bits per heavy atom. The van der Waals surface area contributed by atoms with Gasteiger partial charge in [-0.15, -0.1) is 5.11 Å². The summed E-state index contributed by atoms with van der Waals surface area (Å²) in [6, 6.07) is 16.4. The third kappa shape index (κ3) is 9.65. The van der Waals surface area contributed by atoms with Crippen molar-refractivity contribution in [2.24, 2.45) is 10.2 Å². The van der Waals surface area contributed by atoms with E-state index in [0.29, 0.717) is 17.9 Å². The quantitative estimate of drug-likeness (QED) is 0.0643. The Hall–Kier alpha value is -3.10. The summed E-state index contributed by atoms with van der Waals surface area (Å²) in [4.78, 5) is 12.2. The summed E-state index contributed by atoms with van der Waals surface area (Å²) < 4.78 is 37.7. The third-order valence-electron chi connectivity index (χ3n) is 6.46. The maximum atomic E-state index is 12.5. The van der Waals surface area contributed by atoms with Gasteiger partial charge in [-0.25, -0.2) is 0 Å². The summed E-state index contributed by atoms with van der Waals surface area (Å²) in [6.07, 6.45) is 13.9. The zero-order valence-corrected chi connectivity index (χ0v) is 23.0. The lowest BCUT2D eigenvalue weighted by Crippen LogP contribution is -2.07. The Morgan fingerprint density at radius 1 is 0.763 bits per heavy atom. The molecule has 0 fully saturated rings. The summed E-state index contributed by atoms with van der Waals surface area (Å²) in [6.45, 7) is 2.24. The molecule has 0 aliphatic rings. The zero-order chi connectivity index (χ0) is 27.2. The molecule has 0 atom stereocenters. The van der Waals surface area contributed by atoms with E-state index >= 15 is 0 Å². The number of carbonyl (C=O) groups excluding carboxylic acids is 1. The van der Waals surface area contributed by atoms with Crippen LogP contribution in [0.15, 0.2) is 75.8 Å². The van der Waals surface area contributed by atoms with Gasteiger partial charge in [0.25, 0.3) is 10.1 Å². The fourth-order valence-corrected chi connectivity index (χ4v) is 4.88. The number of esters is 1. The summed E-state index contributed by atoms with van der Waals surface area (Å²) in [5.74, 6) is 0.225. The lowest BCUT2D eigenvalue weighted by molar-refractivity contribution is -0.134. The van der Waals surface area contributed by atoms with Gasteiger partial charge in [-0.1, -0.05) is 101 Å². The molecule has 38 heavy (non-hydrogen) atoms. The van der Waals surface area contributed by atoms with Crippen LogP contribution in [-0.4, -0.2) is 18.9 Å². The van der Waals surface area contributed by atoms with Crippen molar-refractivity contribution in [1.82, 2.24) is 0 Å². The molecule has 0 radical (unpaired) electrons. The van der Waals surface area contributed by atoms with Gasteiger partial charge in [-0.05, 0) is 36.8 Å². The molecule has 0 amide bonds. The van der Waals surface area contributed by atoms with E-state index < -0.39 is 10.1 Å². The number of benzene rings is 3. The first-order valence-electron chi connectivity index (χ1n) is 13.6. The Balaban J connectivity index is 1.51. The van der Waals surface area contributed by atoms with Crippen molar-refractivity contribution in [2.45, 2.75) is 88.9 Å². The molecule has 1 N–H and O–H groups in total. The first kappa shape index (κ1) is 29.5. The normalized spacial score (nSPS) is 11.8. The van der Waals surface area contributed by atoms with Crippen molar-refractivity contribution in [2.75, 3.05) is 0 Å². The van der Waals surface area contributed by atoms with Gasteiger partial charge < -0.3 is 4.74 Å². The first-order chi connectivity index (χ1) is 18.4. The second-order valence-corrected chi connectivity index (χ2v) is 11.0. The van der Waals surface area contributed by atoms with Gasteiger partial charge >= 0.3 is 5.97 Å². The number of hydrogen-bond donors (Lipinski definition) is 1. The molecule has 3 aromatic carbocycles.